The van der Waals surface area contributed by atoms with Gasteiger partial charge in [-0.05, 0) is 25.5 Å². The number of carbonyl (C=O) groups excluding carboxylic acids is 1. The topological polar surface area (TPSA) is 60.4 Å². The minimum atomic E-state index is -4.28. The second-order valence-corrected chi connectivity index (χ2v) is 6.78. The summed E-state index contributed by atoms with van der Waals surface area (Å²) in [7, 11) is 0.767. The summed E-state index contributed by atoms with van der Waals surface area (Å²) >= 11 is 0. The van der Waals surface area contributed by atoms with Crippen LogP contribution >= 0.6 is 10.7 Å². The first-order valence-electron chi connectivity index (χ1n) is 5.81. The van der Waals surface area contributed by atoms with Crippen LogP contribution in [0, 0.1) is 11.6 Å². The molecule has 0 N–H and O–H groups in total. The Morgan fingerprint density at radius 1 is 1.40 bits per heavy atom. The molecule has 1 unspecified atom stereocenters. The Bertz CT molecular complexity index is 616. The molecule has 1 rings (SSSR count). The van der Waals surface area contributed by atoms with E-state index in [1.54, 1.807) is 6.92 Å². The van der Waals surface area contributed by atoms with Crippen LogP contribution in [0.4, 0.5) is 8.78 Å². The van der Waals surface area contributed by atoms with Gasteiger partial charge in [-0.25, -0.2) is 22.0 Å². The van der Waals surface area contributed by atoms with Gasteiger partial charge in [-0.3, -0.25) is 0 Å². The number of carbonyl (C=O) groups is 1. The number of hydrogen-bond acceptors (Lipinski definition) is 4. The molecule has 0 bridgehead atoms. The van der Waals surface area contributed by atoms with Crippen LogP contribution in [0.2, 0.25) is 0 Å². The monoisotopic (exact) mass is 326 g/mol. The molecule has 0 aromatic heterocycles. The maximum Gasteiger partial charge on any atom is 0.341 e. The number of hydrogen-bond donors (Lipinski definition) is 0. The third kappa shape index (κ3) is 4.14. The van der Waals surface area contributed by atoms with Crippen molar-refractivity contribution in [3.8, 4) is 0 Å². The first-order chi connectivity index (χ1) is 9.16. The highest BCUT2D eigenvalue weighted by molar-refractivity contribution is 8.13. The first-order valence-corrected chi connectivity index (χ1v) is 8.12. The molecule has 0 aliphatic carbocycles. The minimum absolute atomic E-state index is 0.407. The van der Waals surface area contributed by atoms with E-state index >= 15 is 0 Å². The molecule has 0 aliphatic heterocycles. The van der Waals surface area contributed by atoms with Crippen molar-refractivity contribution in [2.45, 2.75) is 37.7 Å². The number of esters is 1. The molecule has 1 aromatic rings. The van der Waals surface area contributed by atoms with E-state index in [0.717, 1.165) is 6.42 Å². The Morgan fingerprint density at radius 2 is 2.00 bits per heavy atom. The van der Waals surface area contributed by atoms with Crippen molar-refractivity contribution >= 4 is 25.7 Å². The zero-order valence-electron chi connectivity index (χ0n) is 10.8. The zero-order chi connectivity index (χ0) is 15.5. The Hall–Kier alpha value is -1.21. The summed E-state index contributed by atoms with van der Waals surface area (Å²) in [6, 6.07) is 1.06. The van der Waals surface area contributed by atoms with Crippen molar-refractivity contribution < 1.29 is 26.7 Å². The van der Waals surface area contributed by atoms with Crippen molar-refractivity contribution in [2.75, 3.05) is 0 Å². The van der Waals surface area contributed by atoms with E-state index in [4.69, 9.17) is 15.4 Å². The molecule has 8 heteroatoms. The standard InChI is InChI=1S/C12H13ClF2O4S/c1-3-4-7(2)19-12(16)9-5-8(20(13,17)18)6-10(14)11(9)15/h5-7H,3-4H2,1-2H3. The van der Waals surface area contributed by atoms with Crippen molar-refractivity contribution in [1.29, 1.82) is 0 Å². The van der Waals surface area contributed by atoms with E-state index < -0.39 is 43.2 Å². The third-order valence-electron chi connectivity index (χ3n) is 2.51. The van der Waals surface area contributed by atoms with Gasteiger partial charge in [0, 0.05) is 10.7 Å². The van der Waals surface area contributed by atoms with Gasteiger partial charge in [0.05, 0.1) is 16.6 Å². The van der Waals surface area contributed by atoms with Crippen molar-refractivity contribution in [2.24, 2.45) is 0 Å². The number of benzene rings is 1. The molecule has 0 heterocycles. The predicted molar refractivity (Wildman–Crippen MR) is 69.2 cm³/mol. The second kappa shape index (κ2) is 6.49. The average molecular weight is 327 g/mol. The molecule has 112 valence electrons. The summed E-state index contributed by atoms with van der Waals surface area (Å²) in [5.41, 5.74) is -0.799. The molecule has 0 amide bonds. The molecule has 1 atom stereocenters. The highest BCUT2D eigenvalue weighted by atomic mass is 35.7. The number of rotatable bonds is 5. The normalized spacial score (nSPS) is 13.1. The van der Waals surface area contributed by atoms with Crippen LogP contribution in [-0.4, -0.2) is 20.5 Å². The van der Waals surface area contributed by atoms with Gasteiger partial charge in [0.15, 0.2) is 11.6 Å². The van der Waals surface area contributed by atoms with Gasteiger partial charge in [-0.2, -0.15) is 0 Å². The summed E-state index contributed by atoms with van der Waals surface area (Å²) in [5, 5.41) is 0. The lowest BCUT2D eigenvalue weighted by Crippen LogP contribution is -2.17. The molecule has 1 aromatic carbocycles. The molecule has 0 spiro atoms. The largest absolute Gasteiger partial charge is 0.459 e. The number of halogens is 3. The van der Waals surface area contributed by atoms with Gasteiger partial charge >= 0.3 is 5.97 Å². The molecule has 0 saturated carbocycles. The molecule has 0 aliphatic rings. The van der Waals surface area contributed by atoms with Gasteiger partial charge in [0.1, 0.15) is 0 Å². The van der Waals surface area contributed by atoms with E-state index in [2.05, 4.69) is 0 Å². The van der Waals surface area contributed by atoms with Gasteiger partial charge < -0.3 is 4.74 Å². The van der Waals surface area contributed by atoms with E-state index in [1.807, 2.05) is 6.92 Å². The average Bonchev–Trinajstić information content (AvgIpc) is 2.31. The Kier molecular flexibility index (Phi) is 5.47. The second-order valence-electron chi connectivity index (χ2n) is 4.21. The summed E-state index contributed by atoms with van der Waals surface area (Å²) in [4.78, 5) is 11.0. The fraction of sp³-hybridized carbons (Fsp3) is 0.417. The van der Waals surface area contributed by atoms with Gasteiger partial charge in [0.2, 0.25) is 0 Å². The molecular weight excluding hydrogens is 314 g/mol. The van der Waals surface area contributed by atoms with Crippen LogP contribution in [0.3, 0.4) is 0 Å². The Morgan fingerprint density at radius 3 is 2.50 bits per heavy atom. The van der Waals surface area contributed by atoms with Crippen LogP contribution in [0.25, 0.3) is 0 Å². The number of ether oxygens (including phenoxy) is 1. The summed E-state index contributed by atoms with van der Waals surface area (Å²) < 4.78 is 54.0. The van der Waals surface area contributed by atoms with E-state index in [1.165, 1.54) is 0 Å². The van der Waals surface area contributed by atoms with Crippen LogP contribution in [0.5, 0.6) is 0 Å². The van der Waals surface area contributed by atoms with E-state index in [0.29, 0.717) is 18.6 Å². The predicted octanol–water partition coefficient (Wildman–Crippen LogP) is 3.24. The highest BCUT2D eigenvalue weighted by Gasteiger charge is 2.23. The molecule has 0 saturated heterocycles. The van der Waals surface area contributed by atoms with Gasteiger partial charge in [-0.15, -0.1) is 0 Å². The highest BCUT2D eigenvalue weighted by Crippen LogP contribution is 2.22. The fourth-order valence-corrected chi connectivity index (χ4v) is 2.34. The third-order valence-corrected chi connectivity index (χ3v) is 3.84. The van der Waals surface area contributed by atoms with E-state index in [9.17, 15) is 22.0 Å². The van der Waals surface area contributed by atoms with E-state index in [-0.39, 0.29) is 0 Å². The lowest BCUT2D eigenvalue weighted by molar-refractivity contribution is 0.0316. The van der Waals surface area contributed by atoms with Crippen LogP contribution in [0.1, 0.15) is 37.0 Å². The van der Waals surface area contributed by atoms with Crippen LogP contribution in [0.15, 0.2) is 17.0 Å². The fourth-order valence-electron chi connectivity index (χ4n) is 1.57. The lowest BCUT2D eigenvalue weighted by atomic mass is 10.2. The molecule has 0 radical (unpaired) electrons. The molecule has 20 heavy (non-hydrogen) atoms. The van der Waals surface area contributed by atoms with Crippen molar-refractivity contribution in [3.05, 3.63) is 29.3 Å². The smallest absolute Gasteiger partial charge is 0.341 e. The summed E-state index contributed by atoms with van der Waals surface area (Å²) in [5.74, 6) is -4.09. The zero-order valence-corrected chi connectivity index (χ0v) is 12.4. The van der Waals surface area contributed by atoms with Gasteiger partial charge in [-0.1, -0.05) is 13.3 Å². The quantitative estimate of drug-likeness (QED) is 0.615. The SMILES string of the molecule is CCCC(C)OC(=O)c1cc(S(=O)(=O)Cl)cc(F)c1F. The van der Waals surface area contributed by atoms with Crippen LogP contribution < -0.4 is 0 Å². The Labute approximate surface area is 120 Å². The maximum absolute atomic E-state index is 13.5. The lowest BCUT2D eigenvalue weighted by Gasteiger charge is -2.13. The minimum Gasteiger partial charge on any atom is -0.459 e. The Balaban J connectivity index is 3.17. The van der Waals surface area contributed by atoms with Crippen LogP contribution in [-0.2, 0) is 13.8 Å². The molecular formula is C12H13ClF2O4S. The molecule has 0 fully saturated rings. The van der Waals surface area contributed by atoms with Gasteiger partial charge in [0.25, 0.3) is 9.05 Å². The maximum atomic E-state index is 13.5. The first kappa shape index (κ1) is 16.8. The summed E-state index contributed by atoms with van der Waals surface area (Å²) in [6.45, 7) is 3.46. The summed E-state index contributed by atoms with van der Waals surface area (Å²) in [6.07, 6.45) is 0.788. The molecule has 4 nitrogen and oxygen atoms in total. The van der Waals surface area contributed by atoms with Crippen molar-refractivity contribution in [3.63, 3.8) is 0 Å². The van der Waals surface area contributed by atoms with Crippen molar-refractivity contribution in [1.82, 2.24) is 0 Å².